The quantitative estimate of drug-likeness (QED) is 0.252. The molecule has 1 N–H and O–H groups in total. The van der Waals surface area contributed by atoms with Gasteiger partial charge >= 0.3 is 0 Å². The molecule has 1 aromatic heterocycles. The number of ether oxygens (including phenoxy) is 1. The predicted octanol–water partition coefficient (Wildman–Crippen LogP) is 3.76. The Morgan fingerprint density at radius 3 is 2.88 bits per heavy atom. The van der Waals surface area contributed by atoms with E-state index in [-0.39, 0.29) is 5.82 Å². The SMILES string of the molecule is C=N/C=C(\CN(/C=N\N=C)CNCc1c(F)ccc2c1CCO2)c1ccc(CC)nc1C. The minimum absolute atomic E-state index is 0.233. The Morgan fingerprint density at radius 1 is 1.31 bits per heavy atom. The highest BCUT2D eigenvalue weighted by molar-refractivity contribution is 5.71. The lowest BCUT2D eigenvalue weighted by atomic mass is 10.0. The zero-order chi connectivity index (χ0) is 22.9. The van der Waals surface area contributed by atoms with Crippen LogP contribution < -0.4 is 10.1 Å². The van der Waals surface area contributed by atoms with E-state index in [0.717, 1.165) is 40.3 Å². The summed E-state index contributed by atoms with van der Waals surface area (Å²) in [6.07, 6.45) is 4.90. The molecule has 0 fully saturated rings. The number of halogens is 1. The first-order valence-corrected chi connectivity index (χ1v) is 10.6. The summed E-state index contributed by atoms with van der Waals surface area (Å²) < 4.78 is 20.0. The van der Waals surface area contributed by atoms with Crippen LogP contribution in [0.5, 0.6) is 5.75 Å². The van der Waals surface area contributed by atoms with Crippen molar-refractivity contribution >= 4 is 25.3 Å². The third-order valence-corrected chi connectivity index (χ3v) is 5.33. The Hall–Kier alpha value is -3.39. The molecule has 0 aliphatic carbocycles. The van der Waals surface area contributed by atoms with Crippen molar-refractivity contribution in [3.63, 3.8) is 0 Å². The van der Waals surface area contributed by atoms with E-state index in [2.05, 4.69) is 51.9 Å². The molecule has 32 heavy (non-hydrogen) atoms. The fourth-order valence-electron chi connectivity index (χ4n) is 3.75. The Kier molecular flexibility index (Phi) is 8.21. The number of benzene rings is 1. The van der Waals surface area contributed by atoms with Crippen LogP contribution in [0.2, 0.25) is 0 Å². The van der Waals surface area contributed by atoms with E-state index in [1.54, 1.807) is 18.6 Å². The van der Waals surface area contributed by atoms with E-state index >= 15 is 0 Å². The van der Waals surface area contributed by atoms with Gasteiger partial charge < -0.3 is 9.64 Å². The Bertz CT molecular complexity index is 1030. The third kappa shape index (κ3) is 5.64. The Morgan fingerprint density at radius 2 is 2.16 bits per heavy atom. The number of nitrogens with zero attached hydrogens (tertiary/aromatic N) is 5. The summed E-state index contributed by atoms with van der Waals surface area (Å²) >= 11 is 0. The molecule has 168 valence electrons. The van der Waals surface area contributed by atoms with Gasteiger partial charge in [0.2, 0.25) is 0 Å². The molecule has 0 bridgehead atoms. The zero-order valence-corrected chi connectivity index (χ0v) is 18.6. The summed E-state index contributed by atoms with van der Waals surface area (Å²) in [5, 5.41) is 10.8. The van der Waals surface area contributed by atoms with Crippen molar-refractivity contribution in [2.75, 3.05) is 19.8 Å². The number of aryl methyl sites for hydroxylation is 2. The number of fused-ring (bicyclic) bond motifs is 1. The molecule has 2 aromatic rings. The van der Waals surface area contributed by atoms with Gasteiger partial charge in [0, 0.05) is 60.5 Å². The molecule has 2 heterocycles. The normalized spacial score (nSPS) is 13.2. The minimum Gasteiger partial charge on any atom is -0.493 e. The first kappa shape index (κ1) is 23.3. The lowest BCUT2D eigenvalue weighted by Gasteiger charge is -2.22. The largest absolute Gasteiger partial charge is 0.493 e. The van der Waals surface area contributed by atoms with Gasteiger partial charge in [-0.2, -0.15) is 5.10 Å². The topological polar surface area (TPSA) is 74.5 Å². The van der Waals surface area contributed by atoms with Crippen LogP contribution in [0.4, 0.5) is 4.39 Å². The number of pyridine rings is 1. The monoisotopic (exact) mass is 436 g/mol. The maximum absolute atomic E-state index is 14.4. The van der Waals surface area contributed by atoms with E-state index < -0.39 is 0 Å². The van der Waals surface area contributed by atoms with Crippen molar-refractivity contribution in [2.45, 2.75) is 33.2 Å². The molecule has 3 rings (SSSR count). The molecule has 0 unspecified atom stereocenters. The van der Waals surface area contributed by atoms with Crippen molar-refractivity contribution in [1.82, 2.24) is 15.2 Å². The van der Waals surface area contributed by atoms with Crippen molar-refractivity contribution in [3.05, 3.63) is 64.4 Å². The predicted molar refractivity (Wildman–Crippen MR) is 128 cm³/mol. The van der Waals surface area contributed by atoms with Gasteiger partial charge in [-0.15, -0.1) is 5.10 Å². The van der Waals surface area contributed by atoms with Crippen LogP contribution in [0.25, 0.3) is 5.57 Å². The molecule has 0 saturated carbocycles. The first-order valence-electron chi connectivity index (χ1n) is 10.6. The summed E-state index contributed by atoms with van der Waals surface area (Å²) in [4.78, 5) is 10.5. The fourth-order valence-corrected chi connectivity index (χ4v) is 3.75. The standard InChI is InChI=1S/C24H29FN6O/c1-5-19-6-7-20(17(2)30-19)18(12-26-3)14-31(16-29-27-4)15-28-13-22-21-10-11-32-24(21)9-8-23(22)25/h6-9,12,16,28H,3-5,10-11,13-15H2,1-2H3/b18-12+,29-16-. The van der Waals surface area contributed by atoms with Gasteiger partial charge in [0.1, 0.15) is 17.9 Å². The summed E-state index contributed by atoms with van der Waals surface area (Å²) in [5.41, 5.74) is 5.45. The van der Waals surface area contributed by atoms with Crippen LogP contribution in [-0.2, 0) is 19.4 Å². The van der Waals surface area contributed by atoms with Gasteiger partial charge in [0.15, 0.2) is 0 Å². The van der Waals surface area contributed by atoms with Gasteiger partial charge in [-0.3, -0.25) is 15.3 Å². The van der Waals surface area contributed by atoms with E-state index in [0.29, 0.717) is 38.3 Å². The Balaban J connectivity index is 1.74. The van der Waals surface area contributed by atoms with Crippen molar-refractivity contribution < 1.29 is 9.13 Å². The number of aliphatic imine (C=N–C) groups is 1. The Labute approximate surface area is 188 Å². The van der Waals surface area contributed by atoms with Crippen LogP contribution in [0, 0.1) is 12.7 Å². The summed E-state index contributed by atoms with van der Waals surface area (Å²) in [5.74, 6) is 0.530. The van der Waals surface area contributed by atoms with E-state index in [4.69, 9.17) is 4.74 Å². The summed E-state index contributed by atoms with van der Waals surface area (Å²) in [7, 11) is 0. The molecule has 0 amide bonds. The second kappa shape index (κ2) is 11.3. The van der Waals surface area contributed by atoms with E-state index in [1.807, 2.05) is 17.9 Å². The third-order valence-electron chi connectivity index (χ3n) is 5.33. The molecule has 8 heteroatoms. The van der Waals surface area contributed by atoms with Gasteiger partial charge in [-0.05, 0) is 43.8 Å². The average Bonchev–Trinajstić information content (AvgIpc) is 3.27. The molecule has 0 radical (unpaired) electrons. The van der Waals surface area contributed by atoms with Crippen molar-refractivity contribution in [1.29, 1.82) is 0 Å². The maximum Gasteiger partial charge on any atom is 0.128 e. The van der Waals surface area contributed by atoms with Crippen molar-refractivity contribution in [2.24, 2.45) is 15.2 Å². The highest BCUT2D eigenvalue weighted by Gasteiger charge is 2.19. The second-order valence-corrected chi connectivity index (χ2v) is 7.43. The maximum atomic E-state index is 14.4. The molecule has 1 aliphatic heterocycles. The van der Waals surface area contributed by atoms with Crippen LogP contribution in [-0.4, -0.2) is 49.5 Å². The average molecular weight is 437 g/mol. The molecular weight excluding hydrogens is 407 g/mol. The minimum atomic E-state index is -0.233. The molecule has 1 aromatic carbocycles. The van der Waals surface area contributed by atoms with Gasteiger partial charge in [0.25, 0.3) is 0 Å². The summed E-state index contributed by atoms with van der Waals surface area (Å²) in [6.45, 7) is 12.9. The van der Waals surface area contributed by atoms with Crippen LogP contribution in [0.1, 0.15) is 35.0 Å². The van der Waals surface area contributed by atoms with Gasteiger partial charge in [0.05, 0.1) is 13.3 Å². The highest BCUT2D eigenvalue weighted by Crippen LogP contribution is 2.30. The van der Waals surface area contributed by atoms with Crippen LogP contribution in [0.15, 0.2) is 45.7 Å². The number of hydrogen-bond donors (Lipinski definition) is 1. The number of rotatable bonds is 11. The summed E-state index contributed by atoms with van der Waals surface area (Å²) in [6, 6.07) is 7.21. The van der Waals surface area contributed by atoms with Crippen LogP contribution in [0.3, 0.4) is 0 Å². The molecule has 1 aliphatic rings. The molecule has 0 saturated heterocycles. The second-order valence-electron chi connectivity index (χ2n) is 7.43. The first-order chi connectivity index (χ1) is 15.6. The number of aromatic nitrogens is 1. The lowest BCUT2D eigenvalue weighted by molar-refractivity contribution is 0.356. The zero-order valence-electron chi connectivity index (χ0n) is 18.6. The fraction of sp³-hybridized carbons (Fsp3) is 0.333. The number of hydrogen-bond acceptors (Lipinski definition) is 6. The molecule has 7 nitrogen and oxygen atoms in total. The van der Waals surface area contributed by atoms with Crippen LogP contribution >= 0.6 is 0 Å². The molecule has 0 spiro atoms. The smallest absolute Gasteiger partial charge is 0.128 e. The highest BCUT2D eigenvalue weighted by atomic mass is 19.1. The molecule has 0 atom stereocenters. The molecular formula is C24H29FN6O. The van der Waals surface area contributed by atoms with Gasteiger partial charge in [-0.1, -0.05) is 13.0 Å². The lowest BCUT2D eigenvalue weighted by Crippen LogP contribution is -2.34. The number of nitrogens with one attached hydrogen (secondary N) is 1. The van der Waals surface area contributed by atoms with E-state index in [1.165, 1.54) is 6.07 Å². The van der Waals surface area contributed by atoms with Crippen molar-refractivity contribution in [3.8, 4) is 5.75 Å². The van der Waals surface area contributed by atoms with E-state index in [9.17, 15) is 4.39 Å². The van der Waals surface area contributed by atoms with Gasteiger partial charge in [-0.25, -0.2) is 4.39 Å².